The summed E-state index contributed by atoms with van der Waals surface area (Å²) in [5, 5.41) is 0. The van der Waals surface area contributed by atoms with Gasteiger partial charge in [-0.05, 0) is 0 Å². The Morgan fingerprint density at radius 3 is 1.05 bits per heavy atom. The van der Waals surface area contributed by atoms with Crippen molar-refractivity contribution in [2.75, 3.05) is 0 Å². The van der Waals surface area contributed by atoms with Gasteiger partial charge in [-0.15, -0.1) is 0 Å². The Hall–Kier alpha value is -1.87. The van der Waals surface area contributed by atoms with Crippen LogP contribution in [0.15, 0.2) is 55.1 Å². The summed E-state index contributed by atoms with van der Waals surface area (Å²) >= 11 is -1.86. The van der Waals surface area contributed by atoms with E-state index in [1.807, 2.05) is 0 Å². The van der Waals surface area contributed by atoms with Crippen molar-refractivity contribution >= 4 is 4.61 Å². The molecular formula is C37H54N4Ru. The molecule has 42 heavy (non-hydrogen) atoms. The quantitative estimate of drug-likeness (QED) is 0.244. The average Bonchev–Trinajstić information content (AvgIpc) is 3.72. The predicted molar refractivity (Wildman–Crippen MR) is 171 cm³/mol. The fourth-order valence-electron chi connectivity index (χ4n) is 8.50. The molecule has 0 N–H and O–H groups in total. The van der Waals surface area contributed by atoms with Crippen LogP contribution in [0.3, 0.4) is 0 Å². The minimum atomic E-state index is -1.86. The normalized spacial score (nSPS) is 22.1. The molecule has 4 aliphatic carbocycles. The van der Waals surface area contributed by atoms with Crippen molar-refractivity contribution in [1.29, 1.82) is 0 Å². The molecule has 0 atom stereocenters. The standard InChI is InChI=1S/2C15H24N2.C7H6.Ru/c2*1-3-7-14(8-4-1)16-11-12-17(13-16)15-9-5-2-6-10-15;1-7-5-3-2-4-6-7;/h2*11-12,14-15H,1-10H2;1-6H;. The zero-order chi connectivity index (χ0) is 28.1. The number of rotatable bonds is 5. The molecule has 1 aromatic carbocycles. The van der Waals surface area contributed by atoms with Crippen molar-refractivity contribution < 1.29 is 14.6 Å². The fraction of sp³-hybridized carbons (Fsp3) is 0.649. The van der Waals surface area contributed by atoms with Crippen LogP contribution < -0.4 is 0 Å². The van der Waals surface area contributed by atoms with Gasteiger partial charge in [-0.25, -0.2) is 0 Å². The Morgan fingerprint density at radius 2 is 0.738 bits per heavy atom. The van der Waals surface area contributed by atoms with Crippen molar-refractivity contribution in [1.82, 2.24) is 18.3 Å². The number of imidazole rings is 2. The summed E-state index contributed by atoms with van der Waals surface area (Å²) in [5.74, 6) is 0. The topological polar surface area (TPSA) is 19.7 Å². The van der Waals surface area contributed by atoms with Gasteiger partial charge in [0, 0.05) is 0 Å². The van der Waals surface area contributed by atoms with E-state index in [0.29, 0.717) is 24.2 Å². The monoisotopic (exact) mass is 656 g/mol. The molecule has 0 amide bonds. The first-order valence-electron chi connectivity index (χ1n) is 17.6. The molecule has 0 spiro atoms. The van der Waals surface area contributed by atoms with Gasteiger partial charge in [0.15, 0.2) is 0 Å². The van der Waals surface area contributed by atoms with Crippen molar-refractivity contribution in [3.63, 3.8) is 0 Å². The minimum absolute atomic E-state index is 0.667. The van der Waals surface area contributed by atoms with E-state index in [4.69, 9.17) is 0 Å². The van der Waals surface area contributed by atoms with Gasteiger partial charge in [0.1, 0.15) is 0 Å². The van der Waals surface area contributed by atoms with Crippen LogP contribution in [0.4, 0.5) is 0 Å². The van der Waals surface area contributed by atoms with Gasteiger partial charge < -0.3 is 0 Å². The van der Waals surface area contributed by atoms with Gasteiger partial charge in [0.25, 0.3) is 0 Å². The Balaban J connectivity index is 1.63. The molecule has 0 bridgehead atoms. The van der Waals surface area contributed by atoms with Crippen molar-refractivity contribution in [2.24, 2.45) is 0 Å². The molecule has 4 fully saturated rings. The van der Waals surface area contributed by atoms with E-state index in [1.54, 1.807) is 8.03 Å². The first-order chi connectivity index (χ1) is 20.9. The Kier molecular flexibility index (Phi) is 9.51. The molecule has 0 saturated heterocycles. The number of benzene rings is 1. The number of aromatic nitrogens is 4. The molecule has 3 aromatic rings. The molecule has 2 heterocycles. The number of nitrogens with zero attached hydrogens (tertiary/aromatic N) is 4. The summed E-state index contributed by atoms with van der Waals surface area (Å²) in [5.41, 5.74) is 1.43. The van der Waals surface area contributed by atoms with E-state index in [9.17, 15) is 0 Å². The second kappa shape index (κ2) is 13.8. The molecule has 2 aromatic heterocycles. The second-order valence-corrected chi connectivity index (χ2v) is 17.2. The van der Waals surface area contributed by atoms with E-state index in [2.05, 4.69) is 78.0 Å². The van der Waals surface area contributed by atoms with Gasteiger partial charge in [-0.1, -0.05) is 0 Å². The van der Waals surface area contributed by atoms with Crippen molar-refractivity contribution in [3.8, 4) is 0 Å². The molecule has 4 aliphatic rings. The van der Waals surface area contributed by atoms with E-state index >= 15 is 0 Å². The third kappa shape index (κ3) is 6.19. The fourth-order valence-corrected chi connectivity index (χ4v) is 13.9. The van der Waals surface area contributed by atoms with Gasteiger partial charge in [0.2, 0.25) is 0 Å². The van der Waals surface area contributed by atoms with Crippen LogP contribution in [-0.4, -0.2) is 22.9 Å². The van der Waals surface area contributed by atoms with E-state index in [1.165, 1.54) is 134 Å². The molecule has 0 aliphatic heterocycles. The van der Waals surface area contributed by atoms with Crippen LogP contribution in [0.25, 0.3) is 0 Å². The maximum absolute atomic E-state index is 2.86. The molecule has 230 valence electrons. The zero-order valence-electron chi connectivity index (χ0n) is 25.9. The SMILES string of the molecule is [CH](c1ccccc1)=[Ru](=[c]1n(C2CCCCC2)ccn1C1CCCCC1)=[c]1n(C2CCCCC2)ccn1C1CCCCC1. The first kappa shape index (κ1) is 28.9. The molecule has 0 unspecified atom stereocenters. The predicted octanol–water partition coefficient (Wildman–Crippen LogP) is 10.1. The summed E-state index contributed by atoms with van der Waals surface area (Å²) < 4.78 is 17.6. The van der Waals surface area contributed by atoms with Crippen LogP contribution in [0, 0.1) is 8.03 Å². The van der Waals surface area contributed by atoms with Crippen LogP contribution >= 0.6 is 0 Å². The van der Waals surface area contributed by atoms with Gasteiger partial charge in [-0.2, -0.15) is 0 Å². The van der Waals surface area contributed by atoms with Crippen LogP contribution in [0.2, 0.25) is 0 Å². The van der Waals surface area contributed by atoms with Crippen molar-refractivity contribution in [3.05, 3.63) is 68.7 Å². The van der Waals surface area contributed by atoms with Gasteiger partial charge >= 0.3 is 259 Å². The van der Waals surface area contributed by atoms with Crippen molar-refractivity contribution in [2.45, 2.75) is 153 Å². The molecule has 4 nitrogen and oxygen atoms in total. The summed E-state index contributed by atoms with van der Waals surface area (Å²) in [7, 11) is 0. The van der Waals surface area contributed by atoms with Crippen LogP contribution in [-0.2, 0) is 14.6 Å². The van der Waals surface area contributed by atoms with Gasteiger partial charge in [-0.3, -0.25) is 0 Å². The number of hydrogen-bond acceptors (Lipinski definition) is 0. The van der Waals surface area contributed by atoms with Crippen LogP contribution in [0.5, 0.6) is 0 Å². The third-order valence-electron chi connectivity index (χ3n) is 10.8. The molecule has 4 saturated carbocycles. The maximum atomic E-state index is 2.86. The number of hydrogen-bond donors (Lipinski definition) is 0. The molecule has 5 heteroatoms. The zero-order valence-corrected chi connectivity index (χ0v) is 27.6. The second-order valence-electron chi connectivity index (χ2n) is 13.7. The molecular weight excluding hydrogens is 602 g/mol. The summed E-state index contributed by atoms with van der Waals surface area (Å²) in [6.07, 6.45) is 37.8. The molecule has 7 rings (SSSR count). The third-order valence-corrected chi connectivity index (χ3v) is 15.4. The molecule has 0 radical (unpaired) electrons. The average molecular weight is 656 g/mol. The summed E-state index contributed by atoms with van der Waals surface area (Å²) in [4.78, 5) is 0. The van der Waals surface area contributed by atoms with E-state index < -0.39 is 14.6 Å². The summed E-state index contributed by atoms with van der Waals surface area (Å²) in [6.45, 7) is 0. The Bertz CT molecular complexity index is 1360. The Morgan fingerprint density at radius 1 is 0.429 bits per heavy atom. The van der Waals surface area contributed by atoms with E-state index in [-0.39, 0.29) is 0 Å². The van der Waals surface area contributed by atoms with Crippen LogP contribution in [0.1, 0.15) is 158 Å². The van der Waals surface area contributed by atoms with Gasteiger partial charge in [0.05, 0.1) is 0 Å². The summed E-state index contributed by atoms with van der Waals surface area (Å²) in [6, 6.07) is 14.1. The first-order valence-corrected chi connectivity index (χ1v) is 20.4. The Labute approximate surface area is 257 Å². The van der Waals surface area contributed by atoms with E-state index in [0.717, 1.165) is 0 Å².